The summed E-state index contributed by atoms with van der Waals surface area (Å²) in [6.45, 7) is 0. The first-order valence-electron chi connectivity index (χ1n) is 7.92. The van der Waals surface area contributed by atoms with Crippen LogP contribution in [0.3, 0.4) is 0 Å². The van der Waals surface area contributed by atoms with Gasteiger partial charge < -0.3 is 73.1 Å². The molecule has 1 saturated carbocycles. The Morgan fingerprint density at radius 2 is 0.595 bits per heavy atom. The van der Waals surface area contributed by atoms with E-state index in [0.29, 0.717) is 0 Å². The number of phosphoric ester groups is 3. The molecule has 1 aliphatic rings. The zero-order valence-corrected chi connectivity index (χ0v) is 39.5. The molecule has 0 radical (unpaired) electrons. The van der Waals surface area contributed by atoms with Crippen molar-refractivity contribution in [3.63, 3.8) is 0 Å². The van der Waals surface area contributed by atoms with E-state index in [1.54, 1.807) is 0 Å². The molecule has 5 unspecified atom stereocenters. The van der Waals surface area contributed by atoms with Crippen LogP contribution in [0.2, 0.25) is 0 Å². The van der Waals surface area contributed by atoms with Crippen molar-refractivity contribution >= 4 is 46.9 Å². The van der Waals surface area contributed by atoms with Crippen LogP contribution in [0.1, 0.15) is 0 Å². The molecule has 0 aliphatic heterocycles. The third kappa shape index (κ3) is 24.0. The summed E-state index contributed by atoms with van der Waals surface area (Å²) in [4.78, 5) is 91.8. The van der Waals surface area contributed by atoms with E-state index in [0.717, 1.165) is 0 Å². The van der Waals surface area contributed by atoms with Crippen LogP contribution in [0.4, 0.5) is 0 Å². The van der Waals surface area contributed by atoms with Crippen molar-refractivity contribution in [2.75, 3.05) is 0 Å². The summed E-state index contributed by atoms with van der Waals surface area (Å²) < 4.78 is 88.7. The number of phosphoric acid groups is 6. The molecule has 0 aromatic rings. The van der Waals surface area contributed by atoms with Crippen LogP contribution in [0.15, 0.2) is 0 Å². The van der Waals surface area contributed by atoms with E-state index in [1.165, 1.54) is 0 Å². The maximum atomic E-state index is 11.9. The number of aliphatic hydroxyl groups excluding tert-OH is 3. The number of rotatable bonds is 12. The number of hydrogen-bond acceptors (Lipinski definition) is 21. The van der Waals surface area contributed by atoms with Crippen LogP contribution in [-0.2, 0) is 53.9 Å². The molecular formula is C6H12Na6O24P6. The Bertz CT molecular complexity index is 1030. The molecule has 1 rings (SSSR count). The third-order valence-electron chi connectivity index (χ3n) is 3.39. The van der Waals surface area contributed by atoms with Gasteiger partial charge in [0.1, 0.15) is 36.6 Å². The van der Waals surface area contributed by atoms with Crippen LogP contribution in [0.25, 0.3) is 0 Å². The second-order valence-corrected chi connectivity index (χ2v) is 14.3. The van der Waals surface area contributed by atoms with E-state index < -0.39 is 83.6 Å². The van der Waals surface area contributed by atoms with Crippen molar-refractivity contribution in [3.8, 4) is 0 Å². The molecule has 6 N–H and O–H groups in total. The molecule has 9 atom stereocenters. The van der Waals surface area contributed by atoms with Gasteiger partial charge in [0, 0.05) is 0 Å². The van der Waals surface area contributed by atoms with Gasteiger partial charge in [-0.3, -0.25) is 26.5 Å². The Balaban J connectivity index is -0.000000540. The van der Waals surface area contributed by atoms with Gasteiger partial charge in [-0.2, -0.15) is 0 Å². The van der Waals surface area contributed by atoms with Crippen molar-refractivity contribution in [1.29, 1.82) is 0 Å². The smallest absolute Gasteiger partial charge is 0.789 e. The minimum atomic E-state index is -6.47. The average molecular weight is 792 g/mol. The summed E-state index contributed by atoms with van der Waals surface area (Å²) in [6, 6.07) is 0. The Morgan fingerprint density at radius 3 is 0.786 bits per heavy atom. The fourth-order valence-corrected chi connectivity index (χ4v) is 7.58. The first-order valence-corrected chi connectivity index (χ1v) is 16.8. The van der Waals surface area contributed by atoms with Gasteiger partial charge in [0.2, 0.25) is 0 Å². The van der Waals surface area contributed by atoms with Gasteiger partial charge in [-0.25, -0.2) is 13.7 Å². The average Bonchev–Trinajstić information content (AvgIpc) is 2.53. The van der Waals surface area contributed by atoms with Gasteiger partial charge in [-0.05, 0) is 0 Å². The van der Waals surface area contributed by atoms with Gasteiger partial charge in [0.05, 0.1) is 23.5 Å². The van der Waals surface area contributed by atoms with E-state index in [4.69, 9.17) is 0 Å². The Kier molecular flexibility index (Phi) is 33.8. The van der Waals surface area contributed by atoms with Crippen LogP contribution in [0.5, 0.6) is 0 Å². The van der Waals surface area contributed by atoms with Crippen LogP contribution in [-0.4, -0.2) is 66.6 Å². The quantitative estimate of drug-likeness (QED) is 0.0789. The molecule has 0 saturated heterocycles. The fourth-order valence-electron chi connectivity index (χ4n) is 2.43. The second kappa shape index (κ2) is 23.4. The zero-order valence-electron chi connectivity index (χ0n) is 22.2. The SMILES string of the molecule is O=P([O-])([O-])OP(=O)(O)OC1[C@@H](OP(=O)(O)OP(=O)([O-])[O-])[C@H](O)C(O)[C@H](O)[C@H]1OP(=O)(O)OP(=O)([O-])[O-].[Na+].[Na+].[Na+].[Na+].[Na+].[Na+]. The van der Waals surface area contributed by atoms with Gasteiger partial charge in [0.25, 0.3) is 0 Å². The molecule has 0 bridgehead atoms. The first-order chi connectivity index (χ1) is 15.6. The van der Waals surface area contributed by atoms with Crippen LogP contribution >= 0.6 is 46.9 Å². The summed E-state index contributed by atoms with van der Waals surface area (Å²) in [6.07, 6.45) is -18.2. The molecule has 0 amide bonds. The minimum Gasteiger partial charge on any atom is -0.789 e. The van der Waals surface area contributed by atoms with Crippen LogP contribution in [0, 0.1) is 0 Å². The molecule has 42 heavy (non-hydrogen) atoms. The Hall–Kier alpha value is 6.66. The largest absolute Gasteiger partial charge is 1.00 e. The Labute approximate surface area is 368 Å². The molecule has 24 nitrogen and oxygen atoms in total. The zero-order chi connectivity index (χ0) is 28.7. The van der Waals surface area contributed by atoms with Crippen molar-refractivity contribution in [2.45, 2.75) is 36.6 Å². The van der Waals surface area contributed by atoms with Gasteiger partial charge in [0.15, 0.2) is 0 Å². The first kappa shape index (κ1) is 60.7. The molecule has 0 heterocycles. The molecule has 0 aromatic heterocycles. The normalized spacial score (nSPS) is 28.6. The van der Waals surface area contributed by atoms with Crippen LogP contribution < -0.4 is 207 Å². The van der Waals surface area contributed by atoms with Crippen molar-refractivity contribution in [3.05, 3.63) is 0 Å². The van der Waals surface area contributed by atoms with Crippen molar-refractivity contribution in [2.24, 2.45) is 0 Å². The molecule has 36 heteroatoms. The molecular weight excluding hydrogens is 780 g/mol. The molecule has 1 aliphatic carbocycles. The van der Waals surface area contributed by atoms with Crippen molar-refractivity contribution < 1.29 is 291 Å². The van der Waals surface area contributed by atoms with Gasteiger partial charge in [-0.15, -0.1) is 0 Å². The summed E-state index contributed by atoms with van der Waals surface area (Å²) >= 11 is 0. The molecule has 216 valence electrons. The molecule has 0 aromatic carbocycles. The van der Waals surface area contributed by atoms with Gasteiger partial charge in [-0.1, -0.05) is 0 Å². The topological polar surface area (TPSA) is 418 Å². The monoisotopic (exact) mass is 792 g/mol. The number of hydrogen-bond donors (Lipinski definition) is 6. The molecule has 1 fully saturated rings. The van der Waals surface area contributed by atoms with E-state index in [-0.39, 0.29) is 177 Å². The summed E-state index contributed by atoms with van der Waals surface area (Å²) in [5.41, 5.74) is 0. The maximum absolute atomic E-state index is 11.9. The molecule has 0 spiro atoms. The van der Waals surface area contributed by atoms with E-state index in [1.807, 2.05) is 0 Å². The number of aliphatic hydroxyl groups is 3. The predicted octanol–water partition coefficient (Wildman–Crippen LogP) is -24.9. The van der Waals surface area contributed by atoms with Crippen molar-refractivity contribution in [1.82, 2.24) is 0 Å². The fraction of sp³-hybridized carbons (Fsp3) is 1.00. The summed E-state index contributed by atoms with van der Waals surface area (Å²) in [5, 5.41) is 29.8. The van der Waals surface area contributed by atoms with E-state index >= 15 is 0 Å². The maximum Gasteiger partial charge on any atom is 1.00 e. The third-order valence-corrected chi connectivity index (χ3v) is 9.80. The standard InChI is InChI=1S/C6H18O24P6.6Na/c7-1-2(8)4(25-34(19,20)28-31(10,11)12)6(27-36(23,24)30-33(16,17)18)5(3(1)9)26-35(21,22)29-32(13,14)15;;;;;;/h1-9H,(H,19,20)(H,21,22)(H,23,24)(H2,10,11,12)(H2,13,14,15)(H2,16,17,18);;;;;;/q;6*+1/p-6/t1?,2-,3+,4+,5-,6?;;;;;;. The second-order valence-electron chi connectivity index (χ2n) is 6.17. The predicted molar refractivity (Wildman–Crippen MR) is 88.2 cm³/mol. The van der Waals surface area contributed by atoms with Gasteiger partial charge >= 0.3 is 201 Å². The van der Waals surface area contributed by atoms with E-state index in [2.05, 4.69) is 26.5 Å². The minimum absolute atomic E-state index is 0. The summed E-state index contributed by atoms with van der Waals surface area (Å²) in [7, 11) is -38.3. The summed E-state index contributed by atoms with van der Waals surface area (Å²) in [5.74, 6) is 0. The Morgan fingerprint density at radius 1 is 0.405 bits per heavy atom. The van der Waals surface area contributed by atoms with E-state index in [9.17, 15) is 86.8 Å².